The Labute approximate surface area is 92.0 Å². The van der Waals surface area contributed by atoms with E-state index in [9.17, 15) is 4.79 Å². The third kappa shape index (κ3) is 3.49. The van der Waals surface area contributed by atoms with Crippen LogP contribution in [0.2, 0.25) is 0 Å². The van der Waals surface area contributed by atoms with Crippen molar-refractivity contribution in [2.75, 3.05) is 13.1 Å². The van der Waals surface area contributed by atoms with Crippen LogP contribution in [0.25, 0.3) is 0 Å². The Bertz CT molecular complexity index is 224. The topological polar surface area (TPSA) is 41.1 Å². The van der Waals surface area contributed by atoms with Gasteiger partial charge in [0.25, 0.3) is 0 Å². The van der Waals surface area contributed by atoms with Crippen molar-refractivity contribution in [3.63, 3.8) is 0 Å². The molecule has 2 N–H and O–H groups in total. The van der Waals surface area contributed by atoms with E-state index in [2.05, 4.69) is 17.6 Å². The molecule has 0 aromatic rings. The molecule has 2 rings (SSSR count). The highest BCUT2D eigenvalue weighted by atomic mass is 16.1. The lowest BCUT2D eigenvalue weighted by Gasteiger charge is -2.22. The summed E-state index contributed by atoms with van der Waals surface area (Å²) in [6.07, 6.45) is 5.51. The van der Waals surface area contributed by atoms with Crippen LogP contribution in [-0.4, -0.2) is 25.0 Å². The molecule has 0 spiro atoms. The van der Waals surface area contributed by atoms with Crippen LogP contribution < -0.4 is 10.6 Å². The Hall–Kier alpha value is -0.570. The number of carbonyl (C=O) groups is 1. The molecule has 1 amide bonds. The summed E-state index contributed by atoms with van der Waals surface area (Å²) >= 11 is 0. The minimum atomic E-state index is 0.259. The molecule has 0 bridgehead atoms. The van der Waals surface area contributed by atoms with Gasteiger partial charge in [0.05, 0.1) is 0 Å². The lowest BCUT2D eigenvalue weighted by Crippen LogP contribution is -2.32. The summed E-state index contributed by atoms with van der Waals surface area (Å²) in [5.74, 6) is 1.70. The molecule has 2 fully saturated rings. The van der Waals surface area contributed by atoms with Gasteiger partial charge in [0.15, 0.2) is 0 Å². The van der Waals surface area contributed by atoms with Crippen molar-refractivity contribution in [2.24, 2.45) is 11.8 Å². The van der Waals surface area contributed by atoms with E-state index in [1.165, 1.54) is 19.3 Å². The molecular formula is C12H22N2O. The van der Waals surface area contributed by atoms with E-state index < -0.39 is 0 Å². The number of hydrogen-bond donors (Lipinski definition) is 2. The average Bonchev–Trinajstić information content (AvgIpc) is 2.93. The first-order chi connectivity index (χ1) is 7.25. The lowest BCUT2D eigenvalue weighted by molar-refractivity contribution is -0.121. The predicted octanol–water partition coefficient (Wildman–Crippen LogP) is 1.29. The van der Waals surface area contributed by atoms with Crippen LogP contribution in [0, 0.1) is 11.8 Å². The van der Waals surface area contributed by atoms with Crippen molar-refractivity contribution in [3.05, 3.63) is 0 Å². The second-order valence-corrected chi connectivity index (χ2v) is 5.14. The molecule has 0 radical (unpaired) electrons. The molecule has 0 aromatic heterocycles. The smallest absolute Gasteiger partial charge is 0.220 e. The zero-order valence-corrected chi connectivity index (χ0v) is 9.59. The fraction of sp³-hybridized carbons (Fsp3) is 0.917. The highest BCUT2D eigenvalue weighted by Gasteiger charge is 2.33. The first kappa shape index (κ1) is 10.9. The SMILES string of the molecule is CC1CC1NC(=O)CCC1CCCNC1. The summed E-state index contributed by atoms with van der Waals surface area (Å²) < 4.78 is 0. The van der Waals surface area contributed by atoms with Crippen molar-refractivity contribution in [1.29, 1.82) is 0 Å². The molecule has 86 valence electrons. The summed E-state index contributed by atoms with van der Waals surface area (Å²) in [6, 6.07) is 0.488. The van der Waals surface area contributed by atoms with Gasteiger partial charge >= 0.3 is 0 Å². The summed E-state index contributed by atoms with van der Waals surface area (Å²) in [5.41, 5.74) is 0. The van der Waals surface area contributed by atoms with Crippen LogP contribution in [-0.2, 0) is 4.79 Å². The largest absolute Gasteiger partial charge is 0.353 e. The van der Waals surface area contributed by atoms with Crippen molar-refractivity contribution in [1.82, 2.24) is 10.6 Å². The summed E-state index contributed by atoms with van der Waals surface area (Å²) in [5, 5.41) is 6.47. The highest BCUT2D eigenvalue weighted by molar-refractivity contribution is 5.76. The summed E-state index contributed by atoms with van der Waals surface area (Å²) in [7, 11) is 0. The van der Waals surface area contributed by atoms with E-state index in [4.69, 9.17) is 0 Å². The van der Waals surface area contributed by atoms with Crippen molar-refractivity contribution < 1.29 is 4.79 Å². The second-order valence-electron chi connectivity index (χ2n) is 5.14. The van der Waals surface area contributed by atoms with Crippen molar-refractivity contribution in [2.45, 2.75) is 45.1 Å². The molecule has 0 aromatic carbocycles. The number of amides is 1. The standard InChI is InChI=1S/C12H22N2O/c1-9-7-11(9)14-12(15)5-4-10-3-2-6-13-8-10/h9-11,13H,2-8H2,1H3,(H,14,15). The van der Waals surface area contributed by atoms with Gasteiger partial charge in [-0.2, -0.15) is 0 Å². The third-order valence-electron chi connectivity index (χ3n) is 3.63. The van der Waals surface area contributed by atoms with Crippen molar-refractivity contribution in [3.8, 4) is 0 Å². The lowest BCUT2D eigenvalue weighted by atomic mass is 9.94. The Morgan fingerprint density at radius 2 is 2.33 bits per heavy atom. The molecule has 3 heteroatoms. The molecule has 2 aliphatic rings. The molecule has 1 heterocycles. The van der Waals surface area contributed by atoms with Gasteiger partial charge in [-0.3, -0.25) is 4.79 Å². The molecule has 1 aliphatic heterocycles. The van der Waals surface area contributed by atoms with Gasteiger partial charge in [-0.25, -0.2) is 0 Å². The Morgan fingerprint density at radius 1 is 1.53 bits per heavy atom. The van der Waals surface area contributed by atoms with Crippen LogP contribution in [0.4, 0.5) is 0 Å². The number of piperidine rings is 1. The monoisotopic (exact) mass is 210 g/mol. The van der Waals surface area contributed by atoms with E-state index in [0.29, 0.717) is 12.0 Å². The van der Waals surface area contributed by atoms with E-state index >= 15 is 0 Å². The molecule has 1 saturated heterocycles. The van der Waals surface area contributed by atoms with Gasteiger partial charge in [0, 0.05) is 12.5 Å². The summed E-state index contributed by atoms with van der Waals surface area (Å²) in [4.78, 5) is 11.6. The van der Waals surface area contributed by atoms with E-state index in [1.807, 2.05) is 0 Å². The van der Waals surface area contributed by atoms with Crippen LogP contribution in [0.3, 0.4) is 0 Å². The van der Waals surface area contributed by atoms with Crippen LogP contribution in [0.1, 0.15) is 39.0 Å². The average molecular weight is 210 g/mol. The molecule has 3 atom stereocenters. The predicted molar refractivity (Wildman–Crippen MR) is 60.5 cm³/mol. The van der Waals surface area contributed by atoms with Crippen LogP contribution in [0.15, 0.2) is 0 Å². The van der Waals surface area contributed by atoms with Crippen LogP contribution in [0.5, 0.6) is 0 Å². The number of rotatable bonds is 4. The maximum atomic E-state index is 11.6. The van der Waals surface area contributed by atoms with Gasteiger partial charge in [0.2, 0.25) is 5.91 Å². The first-order valence-corrected chi connectivity index (χ1v) is 6.26. The van der Waals surface area contributed by atoms with E-state index in [-0.39, 0.29) is 5.91 Å². The van der Waals surface area contributed by atoms with Crippen LogP contribution >= 0.6 is 0 Å². The zero-order chi connectivity index (χ0) is 10.7. The molecule has 1 aliphatic carbocycles. The number of hydrogen-bond acceptors (Lipinski definition) is 2. The quantitative estimate of drug-likeness (QED) is 0.734. The van der Waals surface area contributed by atoms with Crippen molar-refractivity contribution >= 4 is 5.91 Å². The zero-order valence-electron chi connectivity index (χ0n) is 9.59. The maximum Gasteiger partial charge on any atom is 0.220 e. The normalized spacial score (nSPS) is 34.9. The number of nitrogens with one attached hydrogen (secondary N) is 2. The van der Waals surface area contributed by atoms with Gasteiger partial charge in [0.1, 0.15) is 0 Å². The molecule has 3 nitrogen and oxygen atoms in total. The van der Waals surface area contributed by atoms with Gasteiger partial charge in [-0.05, 0) is 50.6 Å². The summed E-state index contributed by atoms with van der Waals surface area (Å²) in [6.45, 7) is 4.45. The van der Waals surface area contributed by atoms with Gasteiger partial charge < -0.3 is 10.6 Å². The minimum absolute atomic E-state index is 0.259. The fourth-order valence-electron chi connectivity index (χ4n) is 2.31. The second kappa shape index (κ2) is 4.97. The highest BCUT2D eigenvalue weighted by Crippen LogP contribution is 2.29. The third-order valence-corrected chi connectivity index (χ3v) is 3.63. The molecule has 15 heavy (non-hydrogen) atoms. The molecular weight excluding hydrogens is 188 g/mol. The molecule has 3 unspecified atom stereocenters. The van der Waals surface area contributed by atoms with Gasteiger partial charge in [-0.15, -0.1) is 0 Å². The van der Waals surface area contributed by atoms with E-state index in [0.717, 1.165) is 31.8 Å². The molecule has 1 saturated carbocycles. The number of carbonyl (C=O) groups excluding carboxylic acids is 1. The Kier molecular flexibility index (Phi) is 3.62. The van der Waals surface area contributed by atoms with Gasteiger partial charge in [-0.1, -0.05) is 6.92 Å². The van der Waals surface area contributed by atoms with E-state index in [1.54, 1.807) is 0 Å². The Morgan fingerprint density at radius 3 is 2.93 bits per heavy atom. The Balaban J connectivity index is 1.57. The maximum absolute atomic E-state index is 11.6. The minimum Gasteiger partial charge on any atom is -0.353 e. The fourth-order valence-corrected chi connectivity index (χ4v) is 2.31. The first-order valence-electron chi connectivity index (χ1n) is 6.26.